The number of nitrogens with one attached hydrogen (secondary N) is 1. The van der Waals surface area contributed by atoms with Crippen LogP contribution in [0.15, 0.2) is 48.5 Å². The average molecular weight is 294 g/mol. The van der Waals surface area contributed by atoms with Gasteiger partial charge in [-0.1, -0.05) is 31.2 Å². The summed E-state index contributed by atoms with van der Waals surface area (Å²) in [6.07, 6.45) is 1.30. The van der Waals surface area contributed by atoms with E-state index in [1.807, 2.05) is 36.4 Å². The van der Waals surface area contributed by atoms with Gasteiger partial charge in [0.05, 0.1) is 12.5 Å². The van der Waals surface area contributed by atoms with Crippen LogP contribution in [0.1, 0.15) is 18.1 Å². The summed E-state index contributed by atoms with van der Waals surface area (Å²) >= 11 is 0. The Morgan fingerprint density at radius 1 is 1.18 bits per heavy atom. The molecule has 0 atom stereocenters. The lowest BCUT2D eigenvalue weighted by molar-refractivity contribution is -0.118. The number of carbonyl (C=O) groups is 1. The third-order valence-corrected chi connectivity index (χ3v) is 3.20. The molecule has 0 heterocycles. The Bertz CT molecular complexity index is 672. The molecular formula is C18H18N2O2. The van der Waals surface area contributed by atoms with Crippen LogP contribution in [0.5, 0.6) is 5.75 Å². The van der Waals surface area contributed by atoms with Crippen LogP contribution >= 0.6 is 0 Å². The second-order valence-corrected chi connectivity index (χ2v) is 4.87. The summed E-state index contributed by atoms with van der Waals surface area (Å²) in [5.74, 6) is 0.480. The first-order valence-corrected chi connectivity index (χ1v) is 7.18. The highest BCUT2D eigenvalue weighted by Crippen LogP contribution is 2.14. The molecule has 112 valence electrons. The Morgan fingerprint density at radius 2 is 1.95 bits per heavy atom. The lowest BCUT2D eigenvalue weighted by atomic mass is 10.1. The molecule has 4 nitrogen and oxygen atoms in total. The maximum atomic E-state index is 11.9. The van der Waals surface area contributed by atoms with Gasteiger partial charge in [-0.2, -0.15) is 5.26 Å². The van der Waals surface area contributed by atoms with E-state index in [-0.39, 0.29) is 12.5 Å². The van der Waals surface area contributed by atoms with Crippen molar-refractivity contribution in [2.75, 3.05) is 11.9 Å². The van der Waals surface area contributed by atoms with Gasteiger partial charge in [-0.25, -0.2) is 0 Å². The first kappa shape index (κ1) is 15.6. The lowest BCUT2D eigenvalue weighted by Gasteiger charge is -2.08. The van der Waals surface area contributed by atoms with Crippen LogP contribution < -0.4 is 10.1 Å². The molecule has 0 spiro atoms. The third-order valence-electron chi connectivity index (χ3n) is 3.20. The summed E-state index contributed by atoms with van der Waals surface area (Å²) in [5.41, 5.74) is 2.79. The molecule has 0 aliphatic rings. The number of nitriles is 1. The minimum Gasteiger partial charge on any atom is -0.484 e. The van der Waals surface area contributed by atoms with Crippen molar-refractivity contribution in [2.45, 2.75) is 19.8 Å². The van der Waals surface area contributed by atoms with E-state index in [4.69, 9.17) is 10.00 Å². The molecule has 0 fully saturated rings. The summed E-state index contributed by atoms with van der Waals surface area (Å²) in [6, 6.07) is 17.0. The summed E-state index contributed by atoms with van der Waals surface area (Å²) in [4.78, 5) is 11.9. The third kappa shape index (κ3) is 4.64. The van der Waals surface area contributed by atoms with Crippen molar-refractivity contribution in [3.05, 3.63) is 59.7 Å². The van der Waals surface area contributed by atoms with Gasteiger partial charge in [0.15, 0.2) is 6.61 Å². The Balaban J connectivity index is 1.86. The number of amides is 1. The minimum absolute atomic E-state index is 0.0346. The first-order chi connectivity index (χ1) is 10.7. The monoisotopic (exact) mass is 294 g/mol. The summed E-state index contributed by atoms with van der Waals surface area (Å²) in [6.45, 7) is 2.04. The fraction of sp³-hybridized carbons (Fsp3) is 0.222. The Morgan fingerprint density at radius 3 is 2.64 bits per heavy atom. The van der Waals surface area contributed by atoms with Gasteiger partial charge in [0, 0.05) is 5.69 Å². The van der Waals surface area contributed by atoms with Gasteiger partial charge in [0.2, 0.25) is 0 Å². The molecule has 22 heavy (non-hydrogen) atoms. The SMILES string of the molecule is CCc1cccc(OCC(=O)Nc2ccc(CC#N)cc2)c1. The second-order valence-electron chi connectivity index (χ2n) is 4.87. The van der Waals surface area contributed by atoms with Crippen molar-refractivity contribution in [3.63, 3.8) is 0 Å². The van der Waals surface area contributed by atoms with Crippen molar-refractivity contribution in [2.24, 2.45) is 0 Å². The van der Waals surface area contributed by atoms with Crippen LogP contribution in [-0.4, -0.2) is 12.5 Å². The van der Waals surface area contributed by atoms with Gasteiger partial charge in [0.25, 0.3) is 5.91 Å². The van der Waals surface area contributed by atoms with Crippen LogP contribution in [-0.2, 0) is 17.6 Å². The number of hydrogen-bond acceptors (Lipinski definition) is 3. The molecule has 0 unspecified atom stereocenters. The number of carbonyl (C=O) groups excluding carboxylic acids is 1. The number of rotatable bonds is 6. The highest BCUT2D eigenvalue weighted by atomic mass is 16.5. The van der Waals surface area contributed by atoms with Gasteiger partial charge >= 0.3 is 0 Å². The van der Waals surface area contributed by atoms with Crippen LogP contribution in [0.2, 0.25) is 0 Å². The number of nitrogens with zero attached hydrogens (tertiary/aromatic N) is 1. The minimum atomic E-state index is -0.213. The topological polar surface area (TPSA) is 62.1 Å². The largest absolute Gasteiger partial charge is 0.484 e. The van der Waals surface area contributed by atoms with E-state index in [2.05, 4.69) is 18.3 Å². The van der Waals surface area contributed by atoms with E-state index in [1.165, 1.54) is 5.56 Å². The van der Waals surface area contributed by atoms with Crippen LogP contribution in [0.25, 0.3) is 0 Å². The number of anilines is 1. The van der Waals surface area contributed by atoms with Crippen molar-refractivity contribution in [3.8, 4) is 11.8 Å². The number of hydrogen-bond donors (Lipinski definition) is 1. The Labute approximate surface area is 130 Å². The molecule has 2 rings (SSSR count). The fourth-order valence-corrected chi connectivity index (χ4v) is 2.00. The first-order valence-electron chi connectivity index (χ1n) is 7.18. The quantitative estimate of drug-likeness (QED) is 0.888. The fourth-order valence-electron chi connectivity index (χ4n) is 2.00. The van der Waals surface area contributed by atoms with Crippen molar-refractivity contribution >= 4 is 11.6 Å². The van der Waals surface area contributed by atoms with Gasteiger partial charge < -0.3 is 10.1 Å². The van der Waals surface area contributed by atoms with Crippen LogP contribution in [0, 0.1) is 11.3 Å². The van der Waals surface area contributed by atoms with Crippen molar-refractivity contribution in [1.82, 2.24) is 0 Å². The molecule has 4 heteroatoms. The molecule has 0 aromatic heterocycles. The average Bonchev–Trinajstić information content (AvgIpc) is 2.55. The zero-order chi connectivity index (χ0) is 15.8. The van der Waals surface area contributed by atoms with Crippen LogP contribution in [0.3, 0.4) is 0 Å². The molecule has 0 saturated carbocycles. The van der Waals surface area contributed by atoms with Gasteiger partial charge in [-0.15, -0.1) is 0 Å². The van der Waals surface area contributed by atoms with E-state index in [1.54, 1.807) is 12.1 Å². The zero-order valence-electron chi connectivity index (χ0n) is 12.5. The van der Waals surface area contributed by atoms with Crippen molar-refractivity contribution < 1.29 is 9.53 Å². The molecule has 0 aliphatic carbocycles. The van der Waals surface area contributed by atoms with E-state index in [0.29, 0.717) is 17.9 Å². The number of aryl methyl sites for hydroxylation is 1. The van der Waals surface area contributed by atoms with Gasteiger partial charge in [-0.05, 0) is 41.8 Å². The predicted octanol–water partition coefficient (Wildman–Crippen LogP) is 3.33. The summed E-state index contributed by atoms with van der Waals surface area (Å²) in [5, 5.41) is 11.4. The molecule has 0 bridgehead atoms. The molecule has 1 N–H and O–H groups in total. The molecular weight excluding hydrogens is 276 g/mol. The van der Waals surface area contributed by atoms with Gasteiger partial charge in [0.1, 0.15) is 5.75 Å². The maximum absolute atomic E-state index is 11.9. The lowest BCUT2D eigenvalue weighted by Crippen LogP contribution is -2.20. The molecule has 1 amide bonds. The Hall–Kier alpha value is -2.80. The molecule has 0 radical (unpaired) electrons. The van der Waals surface area contributed by atoms with Crippen molar-refractivity contribution in [1.29, 1.82) is 5.26 Å². The highest BCUT2D eigenvalue weighted by Gasteiger charge is 2.04. The van der Waals surface area contributed by atoms with E-state index >= 15 is 0 Å². The summed E-state index contributed by atoms with van der Waals surface area (Å²) in [7, 11) is 0. The summed E-state index contributed by atoms with van der Waals surface area (Å²) < 4.78 is 5.49. The smallest absolute Gasteiger partial charge is 0.262 e. The zero-order valence-corrected chi connectivity index (χ0v) is 12.5. The van der Waals surface area contributed by atoms with Gasteiger partial charge in [-0.3, -0.25) is 4.79 Å². The molecule has 0 aliphatic heterocycles. The normalized spacial score (nSPS) is 9.82. The van der Waals surface area contributed by atoms with E-state index in [9.17, 15) is 4.79 Å². The standard InChI is InChI=1S/C18H18N2O2/c1-2-14-4-3-5-17(12-14)22-13-18(21)20-16-8-6-15(7-9-16)10-11-19/h3-9,12H,2,10,13H2,1H3,(H,20,21). The second kappa shape index (κ2) is 7.84. The van der Waals surface area contributed by atoms with E-state index in [0.717, 1.165) is 12.0 Å². The number of ether oxygens (including phenoxy) is 1. The van der Waals surface area contributed by atoms with Crippen LogP contribution in [0.4, 0.5) is 5.69 Å². The maximum Gasteiger partial charge on any atom is 0.262 e. The highest BCUT2D eigenvalue weighted by molar-refractivity contribution is 5.91. The Kier molecular flexibility index (Phi) is 5.56. The van der Waals surface area contributed by atoms with E-state index < -0.39 is 0 Å². The molecule has 0 saturated heterocycles. The predicted molar refractivity (Wildman–Crippen MR) is 85.7 cm³/mol. The number of benzene rings is 2. The molecule has 2 aromatic rings. The molecule has 2 aromatic carbocycles.